The summed E-state index contributed by atoms with van der Waals surface area (Å²) in [5, 5.41) is 6.16. The molecule has 0 spiro atoms. The molecule has 144 valence electrons. The number of halogens is 1. The van der Waals surface area contributed by atoms with E-state index in [1.54, 1.807) is 31.3 Å². The fraction of sp³-hybridized carbons (Fsp3) is 0.333. The van der Waals surface area contributed by atoms with E-state index in [2.05, 4.69) is 20.6 Å². The second-order valence-electron chi connectivity index (χ2n) is 5.91. The van der Waals surface area contributed by atoms with E-state index in [4.69, 9.17) is 4.42 Å². The minimum atomic E-state index is -0.263. The summed E-state index contributed by atoms with van der Waals surface area (Å²) < 4.78 is 5.50. The largest absolute Gasteiger partial charge is 0.444 e. The maximum Gasteiger partial charge on any atom is 0.261 e. The Bertz CT molecular complexity index is 823. The Morgan fingerprint density at radius 2 is 1.78 bits per heavy atom. The third-order valence-electron chi connectivity index (χ3n) is 4.21. The number of nitrogens with one attached hydrogen (secondary N) is 2. The summed E-state index contributed by atoms with van der Waals surface area (Å²) in [7, 11) is 1.64. The van der Waals surface area contributed by atoms with Crippen LogP contribution < -0.4 is 10.6 Å². The van der Waals surface area contributed by atoms with Crippen molar-refractivity contribution in [3.8, 4) is 0 Å². The molecule has 0 aliphatic carbocycles. The van der Waals surface area contributed by atoms with Crippen molar-refractivity contribution in [3.63, 3.8) is 0 Å². The lowest BCUT2D eigenvalue weighted by atomic mass is 10.1. The number of rotatable bonds is 5. The maximum absolute atomic E-state index is 12.3. The molecule has 0 saturated carbocycles. The van der Waals surface area contributed by atoms with Gasteiger partial charge in [0.2, 0.25) is 5.89 Å². The van der Waals surface area contributed by atoms with E-state index < -0.39 is 0 Å². The first kappa shape index (κ1) is 20.9. The maximum atomic E-state index is 12.3. The standard InChI is InChI=1S/C18H21N5O3.HI/c1-11-12(2)26-15(22-11)10-21-18(19-3)20-8-9-23-16(24)13-6-4-5-7-14(13)17(23)25;/h4-7H,8-10H2,1-3H3,(H2,19,20,21);1H. The van der Waals surface area contributed by atoms with Crippen LogP contribution in [-0.2, 0) is 6.54 Å². The fourth-order valence-electron chi connectivity index (χ4n) is 2.72. The lowest BCUT2D eigenvalue weighted by Gasteiger charge is -2.16. The lowest BCUT2D eigenvalue weighted by Crippen LogP contribution is -2.42. The molecule has 27 heavy (non-hydrogen) atoms. The molecule has 2 N–H and O–H groups in total. The summed E-state index contributed by atoms with van der Waals surface area (Å²) in [4.78, 5) is 34.3. The number of imide groups is 1. The Morgan fingerprint density at radius 3 is 2.30 bits per heavy atom. The number of aryl methyl sites for hydroxylation is 2. The number of oxazole rings is 1. The number of nitrogens with zero attached hydrogens (tertiary/aromatic N) is 3. The van der Waals surface area contributed by atoms with Crippen molar-refractivity contribution < 1.29 is 14.0 Å². The van der Waals surface area contributed by atoms with Crippen molar-refractivity contribution in [2.45, 2.75) is 20.4 Å². The normalized spacial score (nSPS) is 13.4. The molecule has 2 heterocycles. The molecule has 0 radical (unpaired) electrons. The Labute approximate surface area is 174 Å². The Kier molecular flexibility index (Phi) is 6.94. The molecule has 1 aromatic carbocycles. The number of carbonyl (C=O) groups is 2. The van der Waals surface area contributed by atoms with Gasteiger partial charge in [0.05, 0.1) is 23.4 Å². The van der Waals surface area contributed by atoms with E-state index in [1.807, 2.05) is 13.8 Å². The molecule has 2 amide bonds. The van der Waals surface area contributed by atoms with Gasteiger partial charge in [-0.25, -0.2) is 4.98 Å². The van der Waals surface area contributed by atoms with Gasteiger partial charge < -0.3 is 15.1 Å². The summed E-state index contributed by atoms with van der Waals surface area (Å²) in [6.07, 6.45) is 0. The molecule has 0 saturated heterocycles. The van der Waals surface area contributed by atoms with Crippen LogP contribution in [0.25, 0.3) is 0 Å². The molecule has 0 atom stereocenters. The van der Waals surface area contributed by atoms with Crippen molar-refractivity contribution in [1.82, 2.24) is 20.5 Å². The van der Waals surface area contributed by atoms with Gasteiger partial charge in [-0.1, -0.05) is 12.1 Å². The average Bonchev–Trinajstić information content (AvgIpc) is 3.09. The molecule has 1 aliphatic heterocycles. The van der Waals surface area contributed by atoms with Gasteiger partial charge >= 0.3 is 0 Å². The first-order chi connectivity index (χ1) is 12.5. The third kappa shape index (κ3) is 4.46. The molecule has 1 aromatic heterocycles. The number of aliphatic imine (C=N–C) groups is 1. The van der Waals surface area contributed by atoms with Gasteiger partial charge in [-0.15, -0.1) is 24.0 Å². The van der Waals surface area contributed by atoms with E-state index in [0.29, 0.717) is 36.1 Å². The van der Waals surface area contributed by atoms with Crippen molar-refractivity contribution >= 4 is 41.8 Å². The van der Waals surface area contributed by atoms with Gasteiger partial charge in [0.15, 0.2) is 5.96 Å². The quantitative estimate of drug-likeness (QED) is 0.292. The number of fused-ring (bicyclic) bond motifs is 1. The molecule has 9 heteroatoms. The van der Waals surface area contributed by atoms with Crippen LogP contribution in [0.15, 0.2) is 33.7 Å². The molecular weight excluding hydrogens is 461 g/mol. The number of hydrogen-bond donors (Lipinski definition) is 2. The van der Waals surface area contributed by atoms with Crippen LogP contribution in [0.1, 0.15) is 38.1 Å². The zero-order valence-corrected chi connectivity index (χ0v) is 17.7. The zero-order chi connectivity index (χ0) is 18.7. The minimum Gasteiger partial charge on any atom is -0.444 e. The van der Waals surface area contributed by atoms with Crippen LogP contribution in [0.2, 0.25) is 0 Å². The number of amides is 2. The summed E-state index contributed by atoms with van der Waals surface area (Å²) in [5.41, 5.74) is 1.76. The highest BCUT2D eigenvalue weighted by molar-refractivity contribution is 14.0. The second kappa shape index (κ2) is 8.98. The minimum absolute atomic E-state index is 0. The van der Waals surface area contributed by atoms with Gasteiger partial charge in [0, 0.05) is 20.1 Å². The predicted octanol–water partition coefficient (Wildman–Crippen LogP) is 1.87. The van der Waals surface area contributed by atoms with Crippen LogP contribution >= 0.6 is 24.0 Å². The highest BCUT2D eigenvalue weighted by Gasteiger charge is 2.34. The third-order valence-corrected chi connectivity index (χ3v) is 4.21. The van der Waals surface area contributed by atoms with E-state index in [1.165, 1.54) is 4.90 Å². The van der Waals surface area contributed by atoms with Crippen molar-refractivity contribution in [2.24, 2.45) is 4.99 Å². The molecule has 3 rings (SSSR count). The number of aromatic nitrogens is 1. The first-order valence-electron chi connectivity index (χ1n) is 8.34. The number of guanidine groups is 1. The van der Waals surface area contributed by atoms with E-state index in [0.717, 1.165) is 11.5 Å². The number of carbonyl (C=O) groups excluding carboxylic acids is 2. The van der Waals surface area contributed by atoms with Gasteiger partial charge in [-0.3, -0.25) is 19.5 Å². The second-order valence-corrected chi connectivity index (χ2v) is 5.91. The van der Waals surface area contributed by atoms with Crippen molar-refractivity contribution in [3.05, 3.63) is 52.7 Å². The molecular formula is C18H22IN5O3. The van der Waals surface area contributed by atoms with Gasteiger partial charge in [-0.05, 0) is 26.0 Å². The van der Waals surface area contributed by atoms with Gasteiger partial charge in [0.25, 0.3) is 11.8 Å². The molecule has 0 bridgehead atoms. The lowest BCUT2D eigenvalue weighted by molar-refractivity contribution is 0.0657. The highest BCUT2D eigenvalue weighted by atomic mass is 127. The summed E-state index contributed by atoms with van der Waals surface area (Å²) in [6.45, 7) is 4.78. The van der Waals surface area contributed by atoms with Crippen molar-refractivity contribution in [1.29, 1.82) is 0 Å². The van der Waals surface area contributed by atoms with Crippen LogP contribution in [-0.4, -0.2) is 47.8 Å². The monoisotopic (exact) mass is 483 g/mol. The van der Waals surface area contributed by atoms with E-state index in [9.17, 15) is 9.59 Å². The molecule has 0 fully saturated rings. The number of hydrogen-bond acceptors (Lipinski definition) is 5. The molecule has 8 nitrogen and oxygen atoms in total. The van der Waals surface area contributed by atoms with E-state index in [-0.39, 0.29) is 42.3 Å². The highest BCUT2D eigenvalue weighted by Crippen LogP contribution is 2.21. The number of benzene rings is 1. The predicted molar refractivity (Wildman–Crippen MR) is 111 cm³/mol. The van der Waals surface area contributed by atoms with Crippen LogP contribution in [0.3, 0.4) is 0 Å². The van der Waals surface area contributed by atoms with Gasteiger partial charge in [0.1, 0.15) is 5.76 Å². The first-order valence-corrected chi connectivity index (χ1v) is 8.34. The fourth-order valence-corrected chi connectivity index (χ4v) is 2.72. The van der Waals surface area contributed by atoms with Crippen molar-refractivity contribution in [2.75, 3.05) is 20.1 Å². The topological polar surface area (TPSA) is 99.8 Å². The molecule has 1 aliphatic rings. The smallest absolute Gasteiger partial charge is 0.261 e. The van der Waals surface area contributed by atoms with Gasteiger partial charge in [-0.2, -0.15) is 0 Å². The summed E-state index contributed by atoms with van der Waals surface area (Å²) in [6, 6.07) is 6.85. The Hall–Kier alpha value is -2.43. The summed E-state index contributed by atoms with van der Waals surface area (Å²) >= 11 is 0. The van der Waals surface area contributed by atoms with Crippen LogP contribution in [0.4, 0.5) is 0 Å². The Balaban J connectivity index is 0.00000261. The molecule has 2 aromatic rings. The summed E-state index contributed by atoms with van der Waals surface area (Å²) in [5.74, 6) is 1.37. The SMILES string of the molecule is CN=C(NCCN1C(=O)c2ccccc2C1=O)NCc1nc(C)c(C)o1.I. The average molecular weight is 483 g/mol. The van der Waals surface area contributed by atoms with Crippen LogP contribution in [0.5, 0.6) is 0 Å². The molecule has 0 unspecified atom stereocenters. The van der Waals surface area contributed by atoms with Crippen LogP contribution in [0, 0.1) is 13.8 Å². The zero-order valence-electron chi connectivity index (χ0n) is 15.4. The Morgan fingerprint density at radius 1 is 1.15 bits per heavy atom. The van der Waals surface area contributed by atoms with E-state index >= 15 is 0 Å².